The van der Waals surface area contributed by atoms with E-state index in [4.69, 9.17) is 9.98 Å². The van der Waals surface area contributed by atoms with Crippen LogP contribution in [-0.2, 0) is 5.41 Å². The Morgan fingerprint density at radius 3 is 2.62 bits per heavy atom. The van der Waals surface area contributed by atoms with Gasteiger partial charge in [-0.25, -0.2) is 15.0 Å². The lowest BCUT2D eigenvalue weighted by atomic mass is 9.72. The van der Waals surface area contributed by atoms with Crippen LogP contribution in [0.25, 0.3) is 0 Å². The average Bonchev–Trinajstić information content (AvgIpc) is 2.98. The van der Waals surface area contributed by atoms with Crippen LogP contribution in [0.4, 0.5) is 11.5 Å². The number of fused-ring (bicyclic) bond motifs is 5. The smallest absolute Gasteiger partial charge is 0.223 e. The molecular formula is C25H31N7. The molecule has 2 aliphatic carbocycles. The molecule has 6 rings (SSSR count). The summed E-state index contributed by atoms with van der Waals surface area (Å²) < 4.78 is 0. The number of rotatable bonds is 2. The summed E-state index contributed by atoms with van der Waals surface area (Å²) in [4.78, 5) is 21.4. The standard InChI is InChI=1S/C25H31N7/c1-2-4-9-25(8-3-1)21-17-27-10-7-19(21)20-16-29-24(31-23(20)25)30-22-6-5-18(15-28-22)32-13-11-26-12-14-32/h5-7,10,15-17,20,23,26H,1-4,8-9,11-14H2,(H,28,30,31). The highest BCUT2D eigenvalue weighted by atomic mass is 15.2. The molecule has 0 radical (unpaired) electrons. The van der Waals surface area contributed by atoms with Gasteiger partial charge >= 0.3 is 0 Å². The number of guanidine groups is 1. The zero-order valence-corrected chi connectivity index (χ0v) is 18.5. The van der Waals surface area contributed by atoms with Gasteiger partial charge in [-0.3, -0.25) is 4.98 Å². The lowest BCUT2D eigenvalue weighted by Crippen LogP contribution is -2.43. The van der Waals surface area contributed by atoms with Crippen LogP contribution >= 0.6 is 0 Å². The van der Waals surface area contributed by atoms with E-state index in [9.17, 15) is 0 Å². The predicted octanol–water partition coefficient (Wildman–Crippen LogP) is 3.50. The van der Waals surface area contributed by atoms with Gasteiger partial charge in [0, 0.05) is 56.1 Å². The third kappa shape index (κ3) is 3.39. The molecule has 0 bridgehead atoms. The number of anilines is 2. The molecular weight excluding hydrogens is 398 g/mol. The second kappa shape index (κ2) is 8.28. The maximum atomic E-state index is 5.21. The van der Waals surface area contributed by atoms with E-state index >= 15 is 0 Å². The Kier molecular flexibility index (Phi) is 5.14. The number of piperazine rings is 1. The molecule has 4 aliphatic rings. The number of pyridine rings is 2. The summed E-state index contributed by atoms with van der Waals surface area (Å²) in [6, 6.07) is 6.56. The monoisotopic (exact) mass is 429 g/mol. The highest BCUT2D eigenvalue weighted by molar-refractivity contribution is 6.01. The van der Waals surface area contributed by atoms with Gasteiger partial charge in [0.25, 0.3) is 0 Å². The maximum Gasteiger partial charge on any atom is 0.223 e. The Bertz CT molecular complexity index is 1010. The quantitative estimate of drug-likeness (QED) is 0.764. The van der Waals surface area contributed by atoms with Crippen LogP contribution in [0.1, 0.15) is 55.6 Å². The van der Waals surface area contributed by atoms with Crippen molar-refractivity contribution in [2.45, 2.75) is 55.9 Å². The Morgan fingerprint density at radius 1 is 1.00 bits per heavy atom. The average molecular weight is 430 g/mol. The number of nitrogens with one attached hydrogen (secondary N) is 2. The third-order valence-electron chi connectivity index (χ3n) is 7.74. The van der Waals surface area contributed by atoms with Gasteiger partial charge < -0.3 is 15.5 Å². The zero-order chi connectivity index (χ0) is 21.4. The summed E-state index contributed by atoms with van der Waals surface area (Å²) in [6.07, 6.45) is 15.6. The fourth-order valence-electron chi connectivity index (χ4n) is 6.14. The predicted molar refractivity (Wildman–Crippen MR) is 129 cm³/mol. The minimum absolute atomic E-state index is 0.0870. The molecule has 7 heteroatoms. The maximum absolute atomic E-state index is 5.21. The van der Waals surface area contributed by atoms with Crippen LogP contribution in [0.2, 0.25) is 0 Å². The minimum Gasteiger partial charge on any atom is -0.368 e. The van der Waals surface area contributed by atoms with Crippen molar-refractivity contribution in [2.24, 2.45) is 9.98 Å². The van der Waals surface area contributed by atoms with Crippen molar-refractivity contribution in [3.05, 3.63) is 47.9 Å². The summed E-state index contributed by atoms with van der Waals surface area (Å²) in [5.41, 5.74) is 4.04. The summed E-state index contributed by atoms with van der Waals surface area (Å²) >= 11 is 0. The molecule has 2 fully saturated rings. The first-order chi connectivity index (χ1) is 15.8. The van der Waals surface area contributed by atoms with Gasteiger partial charge in [0.1, 0.15) is 5.82 Å². The van der Waals surface area contributed by atoms with Gasteiger partial charge in [0.15, 0.2) is 0 Å². The van der Waals surface area contributed by atoms with Gasteiger partial charge in [-0.05, 0) is 42.2 Å². The van der Waals surface area contributed by atoms with Crippen molar-refractivity contribution < 1.29 is 0 Å². The van der Waals surface area contributed by atoms with E-state index in [0.29, 0.717) is 5.96 Å². The Balaban J connectivity index is 1.26. The number of hydrogen-bond acceptors (Lipinski definition) is 7. The second-order valence-corrected chi connectivity index (χ2v) is 9.50. The molecule has 2 N–H and O–H groups in total. The van der Waals surface area contributed by atoms with Gasteiger partial charge in [0.05, 0.1) is 17.9 Å². The first kappa shape index (κ1) is 19.9. The van der Waals surface area contributed by atoms with Crippen molar-refractivity contribution in [2.75, 3.05) is 36.4 Å². The van der Waals surface area contributed by atoms with E-state index in [1.807, 2.05) is 18.5 Å². The van der Waals surface area contributed by atoms with Crippen LogP contribution in [-0.4, -0.2) is 54.4 Å². The van der Waals surface area contributed by atoms with E-state index in [2.05, 4.69) is 50.0 Å². The van der Waals surface area contributed by atoms with Crippen molar-refractivity contribution in [1.82, 2.24) is 15.3 Å². The molecule has 1 saturated carbocycles. The lowest BCUT2D eigenvalue weighted by Gasteiger charge is -2.35. The fraction of sp³-hybridized carbons (Fsp3) is 0.520. The van der Waals surface area contributed by atoms with Gasteiger partial charge in [-0.15, -0.1) is 0 Å². The van der Waals surface area contributed by atoms with E-state index in [0.717, 1.165) is 32.0 Å². The zero-order valence-electron chi connectivity index (χ0n) is 18.5. The minimum atomic E-state index is 0.0870. The van der Waals surface area contributed by atoms with Crippen LogP contribution in [0.5, 0.6) is 0 Å². The summed E-state index contributed by atoms with van der Waals surface area (Å²) in [6.45, 7) is 4.08. The molecule has 166 valence electrons. The third-order valence-corrected chi connectivity index (χ3v) is 7.74. The molecule has 32 heavy (non-hydrogen) atoms. The van der Waals surface area contributed by atoms with Crippen LogP contribution < -0.4 is 15.5 Å². The highest BCUT2D eigenvalue weighted by Gasteiger charge is 2.52. The number of aromatic nitrogens is 2. The van der Waals surface area contributed by atoms with E-state index in [1.165, 1.54) is 55.3 Å². The van der Waals surface area contributed by atoms with E-state index in [-0.39, 0.29) is 17.4 Å². The van der Waals surface area contributed by atoms with Crippen molar-refractivity contribution in [3.8, 4) is 0 Å². The normalized spacial score (nSPS) is 26.2. The van der Waals surface area contributed by atoms with E-state index in [1.54, 1.807) is 0 Å². The Hall–Kier alpha value is -2.80. The molecule has 1 saturated heterocycles. The van der Waals surface area contributed by atoms with Gasteiger partial charge in [0.2, 0.25) is 5.96 Å². The molecule has 2 unspecified atom stereocenters. The van der Waals surface area contributed by atoms with Crippen LogP contribution in [0.3, 0.4) is 0 Å². The lowest BCUT2D eigenvalue weighted by molar-refractivity contribution is 0.317. The highest BCUT2D eigenvalue weighted by Crippen LogP contribution is 2.54. The number of nitrogens with zero attached hydrogens (tertiary/aromatic N) is 5. The fourth-order valence-corrected chi connectivity index (χ4v) is 6.14. The van der Waals surface area contributed by atoms with Gasteiger partial charge in [-0.2, -0.15) is 0 Å². The van der Waals surface area contributed by atoms with Crippen molar-refractivity contribution in [3.63, 3.8) is 0 Å². The SMILES string of the molecule is C1=NC(Nc2ccc(N3CCNCC3)cn2)=NC2C1c1ccncc1C21CCCCCC1. The molecule has 1 spiro atoms. The Labute approximate surface area is 189 Å². The molecule has 4 heterocycles. The van der Waals surface area contributed by atoms with Crippen molar-refractivity contribution >= 4 is 23.7 Å². The molecule has 7 nitrogen and oxygen atoms in total. The number of aliphatic imine (C=N–C) groups is 2. The van der Waals surface area contributed by atoms with Crippen LogP contribution in [0.15, 0.2) is 46.8 Å². The summed E-state index contributed by atoms with van der Waals surface area (Å²) in [5.74, 6) is 1.73. The van der Waals surface area contributed by atoms with Gasteiger partial charge in [-0.1, -0.05) is 25.7 Å². The van der Waals surface area contributed by atoms with Crippen molar-refractivity contribution in [1.29, 1.82) is 0 Å². The molecule has 2 aromatic rings. The topological polar surface area (TPSA) is 77.8 Å². The first-order valence-corrected chi connectivity index (χ1v) is 12.1. The first-order valence-electron chi connectivity index (χ1n) is 12.1. The number of hydrogen-bond donors (Lipinski definition) is 2. The molecule has 2 aromatic heterocycles. The van der Waals surface area contributed by atoms with E-state index < -0.39 is 0 Å². The largest absolute Gasteiger partial charge is 0.368 e. The summed E-state index contributed by atoms with van der Waals surface area (Å²) in [7, 11) is 0. The van der Waals surface area contributed by atoms with Crippen LogP contribution in [0, 0.1) is 0 Å². The molecule has 2 atom stereocenters. The molecule has 0 aromatic carbocycles. The molecule has 2 aliphatic heterocycles. The second-order valence-electron chi connectivity index (χ2n) is 9.50. The molecule has 0 amide bonds. The summed E-state index contributed by atoms with van der Waals surface area (Å²) in [5, 5.41) is 6.78. The Morgan fingerprint density at radius 2 is 1.84 bits per heavy atom.